The Hall–Kier alpha value is -1.32. The van der Waals surface area contributed by atoms with E-state index in [9.17, 15) is 9.59 Å². The third-order valence-electron chi connectivity index (χ3n) is 4.51. The van der Waals surface area contributed by atoms with Crippen LogP contribution in [0, 0.1) is 5.92 Å². The monoisotopic (exact) mass is 367 g/mol. The molecule has 0 heterocycles. The van der Waals surface area contributed by atoms with Gasteiger partial charge in [0.15, 0.2) is 0 Å². The van der Waals surface area contributed by atoms with Crippen LogP contribution in [0.4, 0.5) is 0 Å². The van der Waals surface area contributed by atoms with Gasteiger partial charge in [-0.1, -0.05) is 71.4 Å². The molecule has 0 aliphatic rings. The SMILES string of the molecule is CCCCCCC=CCCCCCCCC(=O)N[C@@H](CC(C)C)C(=O)O. The molecule has 0 aromatic carbocycles. The number of allylic oxidation sites excluding steroid dienone is 2. The molecule has 0 spiro atoms. The number of aliphatic carboxylic acids is 1. The van der Waals surface area contributed by atoms with Gasteiger partial charge in [-0.15, -0.1) is 0 Å². The second-order valence-corrected chi connectivity index (χ2v) is 7.72. The average Bonchev–Trinajstić information content (AvgIpc) is 2.58. The van der Waals surface area contributed by atoms with Gasteiger partial charge < -0.3 is 10.4 Å². The fourth-order valence-corrected chi connectivity index (χ4v) is 2.96. The first kappa shape index (κ1) is 24.7. The van der Waals surface area contributed by atoms with Crippen molar-refractivity contribution in [3.8, 4) is 0 Å². The Morgan fingerprint density at radius 2 is 1.42 bits per heavy atom. The molecule has 0 aromatic rings. The topological polar surface area (TPSA) is 66.4 Å². The molecule has 0 aliphatic heterocycles. The summed E-state index contributed by atoms with van der Waals surface area (Å²) in [6.45, 7) is 6.16. The van der Waals surface area contributed by atoms with Crippen molar-refractivity contribution in [3.63, 3.8) is 0 Å². The molecule has 2 N–H and O–H groups in total. The highest BCUT2D eigenvalue weighted by Crippen LogP contribution is 2.10. The smallest absolute Gasteiger partial charge is 0.326 e. The standard InChI is InChI=1S/C22H41NO3/c1-4-5-6-7-8-9-10-11-12-13-14-15-16-17-21(24)23-20(22(25)26)18-19(2)3/h9-10,19-20H,4-8,11-18H2,1-3H3,(H,23,24)(H,25,26)/t20-/m0/s1. The maximum Gasteiger partial charge on any atom is 0.326 e. The number of carbonyl (C=O) groups is 2. The van der Waals surface area contributed by atoms with Crippen LogP contribution in [0.3, 0.4) is 0 Å². The van der Waals surface area contributed by atoms with Crippen molar-refractivity contribution in [2.75, 3.05) is 0 Å². The molecule has 1 atom stereocenters. The van der Waals surface area contributed by atoms with Gasteiger partial charge in [0, 0.05) is 6.42 Å². The van der Waals surface area contributed by atoms with Gasteiger partial charge in [-0.2, -0.15) is 0 Å². The molecule has 0 fully saturated rings. The molecule has 0 unspecified atom stereocenters. The van der Waals surface area contributed by atoms with Crippen LogP contribution in [0.5, 0.6) is 0 Å². The van der Waals surface area contributed by atoms with E-state index in [-0.39, 0.29) is 11.8 Å². The fourth-order valence-electron chi connectivity index (χ4n) is 2.96. The number of hydrogen-bond acceptors (Lipinski definition) is 2. The third kappa shape index (κ3) is 16.2. The minimum atomic E-state index is -0.939. The second-order valence-electron chi connectivity index (χ2n) is 7.72. The summed E-state index contributed by atoms with van der Waals surface area (Å²) in [5.74, 6) is -0.823. The van der Waals surface area contributed by atoms with E-state index < -0.39 is 12.0 Å². The van der Waals surface area contributed by atoms with E-state index in [1.165, 1.54) is 44.9 Å². The molecule has 0 saturated heterocycles. The van der Waals surface area contributed by atoms with Crippen LogP contribution in [0.25, 0.3) is 0 Å². The Morgan fingerprint density at radius 1 is 0.885 bits per heavy atom. The highest BCUT2D eigenvalue weighted by Gasteiger charge is 2.20. The maximum atomic E-state index is 11.9. The summed E-state index contributed by atoms with van der Waals surface area (Å²) in [5, 5.41) is 11.8. The van der Waals surface area contributed by atoms with Crippen LogP contribution in [0.1, 0.15) is 104 Å². The number of rotatable bonds is 17. The lowest BCUT2D eigenvalue weighted by Crippen LogP contribution is -2.41. The Balaban J connectivity index is 3.55. The third-order valence-corrected chi connectivity index (χ3v) is 4.51. The van der Waals surface area contributed by atoms with E-state index in [0.717, 1.165) is 25.7 Å². The second kappa shape index (κ2) is 17.1. The van der Waals surface area contributed by atoms with Gasteiger partial charge in [0.25, 0.3) is 0 Å². The molecule has 4 heteroatoms. The van der Waals surface area contributed by atoms with E-state index in [1.807, 2.05) is 13.8 Å². The van der Waals surface area contributed by atoms with Gasteiger partial charge in [0.2, 0.25) is 5.91 Å². The molecule has 0 rings (SSSR count). The van der Waals surface area contributed by atoms with E-state index >= 15 is 0 Å². The lowest BCUT2D eigenvalue weighted by atomic mass is 10.0. The molecule has 0 aliphatic carbocycles. The summed E-state index contributed by atoms with van der Waals surface area (Å²) in [6.07, 6.45) is 18.6. The number of carboxylic acid groups (broad SMARTS) is 1. The normalized spacial score (nSPS) is 12.6. The average molecular weight is 368 g/mol. The summed E-state index contributed by atoms with van der Waals surface area (Å²) in [6, 6.07) is -0.753. The van der Waals surface area contributed by atoms with E-state index in [4.69, 9.17) is 5.11 Å². The Labute approximate surface area is 160 Å². The van der Waals surface area contributed by atoms with Gasteiger partial charge in [-0.3, -0.25) is 4.79 Å². The minimum absolute atomic E-state index is 0.135. The van der Waals surface area contributed by atoms with E-state index in [1.54, 1.807) is 0 Å². The van der Waals surface area contributed by atoms with Gasteiger partial charge in [0.05, 0.1) is 0 Å². The number of carbonyl (C=O) groups excluding carboxylic acids is 1. The fraction of sp³-hybridized carbons (Fsp3) is 0.818. The summed E-state index contributed by atoms with van der Waals surface area (Å²) in [7, 11) is 0. The molecule has 4 nitrogen and oxygen atoms in total. The molecule has 0 aromatic heterocycles. The molecule has 0 saturated carbocycles. The van der Waals surface area contributed by atoms with Crippen molar-refractivity contribution in [2.24, 2.45) is 5.92 Å². The number of amides is 1. The van der Waals surface area contributed by atoms with E-state index in [2.05, 4.69) is 24.4 Å². The van der Waals surface area contributed by atoms with Crippen LogP contribution in [0.2, 0.25) is 0 Å². The maximum absolute atomic E-state index is 11.9. The molecule has 1 amide bonds. The Morgan fingerprint density at radius 3 is 1.96 bits per heavy atom. The Kier molecular flexibility index (Phi) is 16.2. The highest BCUT2D eigenvalue weighted by molar-refractivity contribution is 5.83. The summed E-state index contributed by atoms with van der Waals surface area (Å²) >= 11 is 0. The van der Waals surface area contributed by atoms with Crippen LogP contribution < -0.4 is 5.32 Å². The van der Waals surface area contributed by atoms with Crippen molar-refractivity contribution in [3.05, 3.63) is 12.2 Å². The van der Waals surface area contributed by atoms with Crippen molar-refractivity contribution < 1.29 is 14.7 Å². The van der Waals surface area contributed by atoms with Crippen LogP contribution in [-0.2, 0) is 9.59 Å². The van der Waals surface area contributed by atoms with Crippen molar-refractivity contribution in [2.45, 2.75) is 110 Å². The molecule has 0 bridgehead atoms. The van der Waals surface area contributed by atoms with Crippen molar-refractivity contribution >= 4 is 11.9 Å². The van der Waals surface area contributed by atoms with Gasteiger partial charge in [-0.25, -0.2) is 4.79 Å². The number of carboxylic acids is 1. The van der Waals surface area contributed by atoms with Crippen LogP contribution in [-0.4, -0.2) is 23.0 Å². The minimum Gasteiger partial charge on any atom is -0.480 e. The van der Waals surface area contributed by atoms with Gasteiger partial charge in [0.1, 0.15) is 6.04 Å². The summed E-state index contributed by atoms with van der Waals surface area (Å²) in [5.41, 5.74) is 0. The first-order valence-corrected chi connectivity index (χ1v) is 10.6. The first-order chi connectivity index (χ1) is 12.5. The van der Waals surface area contributed by atoms with Crippen molar-refractivity contribution in [1.29, 1.82) is 0 Å². The van der Waals surface area contributed by atoms with Crippen LogP contribution in [0.15, 0.2) is 12.2 Å². The largest absolute Gasteiger partial charge is 0.480 e. The molecular weight excluding hydrogens is 326 g/mol. The number of unbranched alkanes of at least 4 members (excludes halogenated alkanes) is 9. The zero-order chi connectivity index (χ0) is 19.6. The zero-order valence-corrected chi connectivity index (χ0v) is 17.3. The van der Waals surface area contributed by atoms with Crippen LogP contribution >= 0.6 is 0 Å². The molecule has 152 valence electrons. The molecular formula is C22H41NO3. The first-order valence-electron chi connectivity index (χ1n) is 10.6. The Bertz CT molecular complexity index is 391. The van der Waals surface area contributed by atoms with Gasteiger partial charge in [-0.05, 0) is 44.4 Å². The number of hydrogen-bond donors (Lipinski definition) is 2. The molecule has 0 radical (unpaired) electrons. The summed E-state index contributed by atoms with van der Waals surface area (Å²) in [4.78, 5) is 23.0. The molecule has 26 heavy (non-hydrogen) atoms. The number of nitrogens with one attached hydrogen (secondary N) is 1. The lowest BCUT2D eigenvalue weighted by Gasteiger charge is -2.16. The predicted octanol–water partition coefficient (Wildman–Crippen LogP) is 5.86. The van der Waals surface area contributed by atoms with Crippen molar-refractivity contribution in [1.82, 2.24) is 5.32 Å². The quantitative estimate of drug-likeness (QED) is 0.250. The summed E-state index contributed by atoms with van der Waals surface area (Å²) < 4.78 is 0. The lowest BCUT2D eigenvalue weighted by molar-refractivity contribution is -0.142. The highest BCUT2D eigenvalue weighted by atomic mass is 16.4. The van der Waals surface area contributed by atoms with E-state index in [0.29, 0.717) is 12.8 Å². The zero-order valence-electron chi connectivity index (χ0n) is 17.3. The van der Waals surface area contributed by atoms with Gasteiger partial charge >= 0.3 is 5.97 Å². The predicted molar refractivity (Wildman–Crippen MR) is 109 cm³/mol.